The molecule has 0 aromatic carbocycles. The highest BCUT2D eigenvalue weighted by Gasteiger charge is 1.94. The van der Waals surface area contributed by atoms with Gasteiger partial charge in [0.05, 0.1) is 26.4 Å². The first kappa shape index (κ1) is 18.8. The van der Waals surface area contributed by atoms with Crippen LogP contribution in [0.1, 0.15) is 12.8 Å². The zero-order valence-electron chi connectivity index (χ0n) is 13.2. The second kappa shape index (κ2) is 14.2. The van der Waals surface area contributed by atoms with Gasteiger partial charge in [0.25, 0.3) is 0 Å². The van der Waals surface area contributed by atoms with Crippen LogP contribution in [0.5, 0.6) is 0 Å². The number of ether oxygens (including phenoxy) is 3. The summed E-state index contributed by atoms with van der Waals surface area (Å²) in [6.07, 6.45) is 2.14. The molecule has 0 unspecified atom stereocenters. The summed E-state index contributed by atoms with van der Waals surface area (Å²) in [7, 11) is 8.28. The van der Waals surface area contributed by atoms with Crippen LogP contribution in [0.3, 0.4) is 0 Å². The van der Waals surface area contributed by atoms with Gasteiger partial charge in [0.15, 0.2) is 0 Å². The van der Waals surface area contributed by atoms with Crippen molar-refractivity contribution in [1.82, 2.24) is 9.80 Å². The molecule has 0 aliphatic heterocycles. The van der Waals surface area contributed by atoms with Crippen molar-refractivity contribution >= 4 is 0 Å². The van der Waals surface area contributed by atoms with Crippen molar-refractivity contribution < 1.29 is 14.2 Å². The SMILES string of the molecule is CN(C)CCCOCCOCCOCCCN(C)C. The molecule has 0 amide bonds. The van der Waals surface area contributed by atoms with Gasteiger partial charge in [0.2, 0.25) is 0 Å². The average Bonchev–Trinajstić information content (AvgIpc) is 2.34. The standard InChI is InChI=1S/C14H32N2O3/c1-15(2)7-5-9-17-11-13-19-14-12-18-10-6-8-16(3)4/h5-14H2,1-4H3. The van der Waals surface area contributed by atoms with Gasteiger partial charge in [-0.2, -0.15) is 0 Å². The Balaban J connectivity index is 2.95. The fourth-order valence-corrected chi connectivity index (χ4v) is 1.51. The minimum Gasteiger partial charge on any atom is -0.379 e. The van der Waals surface area contributed by atoms with Crippen LogP contribution in [-0.4, -0.2) is 90.7 Å². The van der Waals surface area contributed by atoms with E-state index < -0.39 is 0 Å². The van der Waals surface area contributed by atoms with Crippen LogP contribution in [0.2, 0.25) is 0 Å². The first-order chi connectivity index (χ1) is 9.13. The minimum absolute atomic E-state index is 0.656. The molecule has 116 valence electrons. The first-order valence-corrected chi connectivity index (χ1v) is 7.15. The van der Waals surface area contributed by atoms with E-state index in [1.54, 1.807) is 0 Å². The molecule has 0 aromatic heterocycles. The number of rotatable bonds is 14. The molecule has 0 N–H and O–H groups in total. The molecule has 0 aromatic rings. The molecular weight excluding hydrogens is 244 g/mol. The molecule has 5 heteroatoms. The Bertz CT molecular complexity index is 160. The summed E-state index contributed by atoms with van der Waals surface area (Å²) < 4.78 is 16.3. The highest BCUT2D eigenvalue weighted by molar-refractivity contribution is 4.44. The highest BCUT2D eigenvalue weighted by Crippen LogP contribution is 1.88. The van der Waals surface area contributed by atoms with Crippen molar-refractivity contribution in [2.45, 2.75) is 12.8 Å². The van der Waals surface area contributed by atoms with E-state index in [9.17, 15) is 0 Å². The Morgan fingerprint density at radius 1 is 0.526 bits per heavy atom. The monoisotopic (exact) mass is 276 g/mol. The molecule has 19 heavy (non-hydrogen) atoms. The Kier molecular flexibility index (Phi) is 14.1. The summed E-state index contributed by atoms with van der Waals surface area (Å²) in [5.41, 5.74) is 0. The zero-order chi connectivity index (χ0) is 14.3. The molecule has 0 spiro atoms. The van der Waals surface area contributed by atoms with E-state index in [1.165, 1.54) is 0 Å². The Morgan fingerprint density at radius 3 is 1.16 bits per heavy atom. The van der Waals surface area contributed by atoms with E-state index >= 15 is 0 Å². The third-order valence-corrected chi connectivity index (χ3v) is 2.53. The first-order valence-electron chi connectivity index (χ1n) is 7.15. The van der Waals surface area contributed by atoms with E-state index in [2.05, 4.69) is 38.0 Å². The summed E-state index contributed by atoms with van der Waals surface area (Å²) in [4.78, 5) is 4.32. The average molecular weight is 276 g/mol. The molecule has 0 fully saturated rings. The maximum absolute atomic E-state index is 5.46. The maximum Gasteiger partial charge on any atom is 0.0701 e. The third kappa shape index (κ3) is 17.8. The molecule has 0 heterocycles. The van der Waals surface area contributed by atoms with Crippen LogP contribution in [-0.2, 0) is 14.2 Å². The predicted octanol–water partition coefficient (Wildman–Crippen LogP) is 0.940. The van der Waals surface area contributed by atoms with Crippen molar-refractivity contribution in [3.8, 4) is 0 Å². The zero-order valence-corrected chi connectivity index (χ0v) is 13.2. The molecule has 0 saturated carbocycles. The van der Waals surface area contributed by atoms with Crippen LogP contribution in [0, 0.1) is 0 Å². The minimum atomic E-state index is 0.656. The highest BCUT2D eigenvalue weighted by atomic mass is 16.5. The molecule has 5 nitrogen and oxygen atoms in total. The predicted molar refractivity (Wildman–Crippen MR) is 78.8 cm³/mol. The molecule has 0 rings (SSSR count). The fourth-order valence-electron chi connectivity index (χ4n) is 1.51. The fraction of sp³-hybridized carbons (Fsp3) is 1.00. The summed E-state index contributed by atoms with van der Waals surface area (Å²) in [6, 6.07) is 0. The van der Waals surface area contributed by atoms with Gasteiger partial charge in [-0.1, -0.05) is 0 Å². The number of nitrogens with zero attached hydrogens (tertiary/aromatic N) is 2. The van der Waals surface area contributed by atoms with E-state index in [4.69, 9.17) is 14.2 Å². The molecular formula is C14H32N2O3. The molecule has 0 aliphatic rings. The number of hydrogen-bond acceptors (Lipinski definition) is 5. The largest absolute Gasteiger partial charge is 0.379 e. The second-order valence-corrected chi connectivity index (χ2v) is 5.15. The topological polar surface area (TPSA) is 34.2 Å². The smallest absolute Gasteiger partial charge is 0.0701 e. The Hall–Kier alpha value is -0.200. The van der Waals surface area contributed by atoms with Gasteiger partial charge in [-0.3, -0.25) is 0 Å². The van der Waals surface area contributed by atoms with Crippen LogP contribution in [0.15, 0.2) is 0 Å². The van der Waals surface area contributed by atoms with E-state index in [0.717, 1.165) is 39.1 Å². The maximum atomic E-state index is 5.46. The lowest BCUT2D eigenvalue weighted by Gasteiger charge is -2.10. The van der Waals surface area contributed by atoms with Gasteiger partial charge in [-0.25, -0.2) is 0 Å². The molecule has 0 aliphatic carbocycles. The van der Waals surface area contributed by atoms with E-state index in [1.807, 2.05) is 0 Å². The van der Waals surface area contributed by atoms with Crippen LogP contribution >= 0.6 is 0 Å². The van der Waals surface area contributed by atoms with Gasteiger partial charge in [-0.05, 0) is 54.1 Å². The van der Waals surface area contributed by atoms with Gasteiger partial charge >= 0.3 is 0 Å². The normalized spacial score (nSPS) is 11.7. The molecule has 0 atom stereocenters. The van der Waals surface area contributed by atoms with Crippen molar-refractivity contribution in [1.29, 1.82) is 0 Å². The molecule has 0 saturated heterocycles. The number of hydrogen-bond donors (Lipinski definition) is 0. The lowest BCUT2D eigenvalue weighted by molar-refractivity contribution is 0.0125. The summed E-state index contributed by atoms with van der Waals surface area (Å²) in [5, 5.41) is 0. The van der Waals surface area contributed by atoms with Crippen molar-refractivity contribution in [3.05, 3.63) is 0 Å². The molecule has 0 radical (unpaired) electrons. The quantitative estimate of drug-likeness (QED) is 0.441. The Labute approximate surface area is 118 Å². The van der Waals surface area contributed by atoms with Crippen LogP contribution < -0.4 is 0 Å². The van der Waals surface area contributed by atoms with Gasteiger partial charge in [0, 0.05) is 13.2 Å². The molecule has 0 bridgehead atoms. The summed E-state index contributed by atoms with van der Waals surface area (Å²) in [5.74, 6) is 0. The van der Waals surface area contributed by atoms with E-state index in [0.29, 0.717) is 26.4 Å². The van der Waals surface area contributed by atoms with Crippen molar-refractivity contribution in [3.63, 3.8) is 0 Å². The second-order valence-electron chi connectivity index (χ2n) is 5.15. The van der Waals surface area contributed by atoms with Crippen molar-refractivity contribution in [2.24, 2.45) is 0 Å². The van der Waals surface area contributed by atoms with Crippen LogP contribution in [0.25, 0.3) is 0 Å². The summed E-state index contributed by atoms with van der Waals surface area (Å²) in [6.45, 7) is 6.42. The third-order valence-electron chi connectivity index (χ3n) is 2.53. The Morgan fingerprint density at radius 2 is 0.842 bits per heavy atom. The van der Waals surface area contributed by atoms with Gasteiger partial charge in [0.1, 0.15) is 0 Å². The van der Waals surface area contributed by atoms with E-state index in [-0.39, 0.29) is 0 Å². The van der Waals surface area contributed by atoms with Crippen LogP contribution in [0.4, 0.5) is 0 Å². The van der Waals surface area contributed by atoms with Gasteiger partial charge in [-0.15, -0.1) is 0 Å². The lowest BCUT2D eigenvalue weighted by atomic mass is 10.4. The van der Waals surface area contributed by atoms with Gasteiger partial charge < -0.3 is 24.0 Å². The summed E-state index contributed by atoms with van der Waals surface area (Å²) >= 11 is 0. The van der Waals surface area contributed by atoms with Crippen molar-refractivity contribution in [2.75, 3.05) is 80.9 Å². The lowest BCUT2D eigenvalue weighted by Crippen LogP contribution is -2.16.